The molecule has 19 heavy (non-hydrogen) atoms. The highest BCUT2D eigenvalue weighted by Crippen LogP contribution is 2.12. The van der Waals surface area contributed by atoms with E-state index in [1.54, 1.807) is 32.0 Å². The lowest BCUT2D eigenvalue weighted by atomic mass is 10.1. The van der Waals surface area contributed by atoms with E-state index in [0.29, 0.717) is 12.2 Å². The fourth-order valence-electron chi connectivity index (χ4n) is 1.83. The molecule has 5 heteroatoms. The summed E-state index contributed by atoms with van der Waals surface area (Å²) >= 11 is 0. The lowest BCUT2D eigenvalue weighted by Gasteiger charge is -2.21. The fourth-order valence-corrected chi connectivity index (χ4v) is 1.83. The van der Waals surface area contributed by atoms with Crippen LogP contribution in [0.3, 0.4) is 0 Å². The molecule has 1 unspecified atom stereocenters. The number of nitrogens with two attached hydrogens (primary N) is 1. The smallest absolute Gasteiger partial charge is 0.226 e. The second kappa shape index (κ2) is 6.78. The third-order valence-electron chi connectivity index (χ3n) is 3.06. The maximum absolute atomic E-state index is 12.0. The molecule has 0 fully saturated rings. The van der Waals surface area contributed by atoms with Crippen molar-refractivity contribution < 1.29 is 9.59 Å². The molecule has 0 bridgehead atoms. The molecule has 0 aromatic heterocycles. The Balaban J connectivity index is 2.59. The summed E-state index contributed by atoms with van der Waals surface area (Å²) in [4.78, 5) is 25.0. The Bertz CT molecular complexity index is 460. The number of hydrogen-bond acceptors (Lipinski definition) is 3. The Morgan fingerprint density at radius 2 is 2.00 bits per heavy atom. The predicted molar refractivity (Wildman–Crippen MR) is 75.4 cm³/mol. The average molecular weight is 263 g/mol. The van der Waals surface area contributed by atoms with E-state index < -0.39 is 0 Å². The van der Waals surface area contributed by atoms with Crippen LogP contribution in [-0.2, 0) is 16.0 Å². The second-order valence-corrected chi connectivity index (χ2v) is 4.67. The zero-order valence-corrected chi connectivity index (χ0v) is 11.6. The highest BCUT2D eigenvalue weighted by atomic mass is 16.2. The Morgan fingerprint density at radius 1 is 1.37 bits per heavy atom. The van der Waals surface area contributed by atoms with Gasteiger partial charge in [0.25, 0.3) is 0 Å². The van der Waals surface area contributed by atoms with E-state index in [-0.39, 0.29) is 24.2 Å². The third-order valence-corrected chi connectivity index (χ3v) is 3.06. The molecule has 0 saturated carbocycles. The van der Waals surface area contributed by atoms with Gasteiger partial charge in [-0.15, -0.1) is 0 Å². The first-order valence-electron chi connectivity index (χ1n) is 6.24. The molecule has 0 heterocycles. The Hall–Kier alpha value is -2.04. The van der Waals surface area contributed by atoms with Gasteiger partial charge in [-0.1, -0.05) is 25.1 Å². The number of carbonyl (C=O) groups excluding carboxylic acids is 2. The molecule has 104 valence electrons. The summed E-state index contributed by atoms with van der Waals surface area (Å²) in [6, 6.07) is 7.30. The van der Waals surface area contributed by atoms with E-state index in [4.69, 9.17) is 5.73 Å². The maximum Gasteiger partial charge on any atom is 0.226 e. The standard InChI is InChI=1S/C14H21N3O2/c1-10(14(19)16-2)9-17(3)13(18)8-11-6-4-5-7-12(11)15/h4-7,10H,8-9,15H2,1-3H3,(H,16,19). The van der Waals surface area contributed by atoms with Gasteiger partial charge in [-0.3, -0.25) is 9.59 Å². The number of anilines is 1. The van der Waals surface area contributed by atoms with Gasteiger partial charge in [-0.2, -0.15) is 0 Å². The number of likely N-dealkylation sites (N-methyl/N-ethyl adjacent to an activating group) is 1. The molecular formula is C14H21N3O2. The number of para-hydroxylation sites is 1. The summed E-state index contributed by atoms with van der Waals surface area (Å²) in [5.74, 6) is -0.348. The Morgan fingerprint density at radius 3 is 2.58 bits per heavy atom. The Labute approximate surface area is 113 Å². The molecule has 1 aromatic carbocycles. The highest BCUT2D eigenvalue weighted by molar-refractivity contribution is 5.82. The number of nitrogens with zero attached hydrogens (tertiary/aromatic N) is 1. The van der Waals surface area contributed by atoms with E-state index in [2.05, 4.69) is 5.32 Å². The van der Waals surface area contributed by atoms with Crippen LogP contribution in [0.25, 0.3) is 0 Å². The van der Waals surface area contributed by atoms with Crippen molar-refractivity contribution in [1.29, 1.82) is 0 Å². The summed E-state index contributed by atoms with van der Waals surface area (Å²) in [6.45, 7) is 2.19. The molecule has 0 aliphatic carbocycles. The number of carbonyl (C=O) groups is 2. The number of nitrogen functional groups attached to an aromatic ring is 1. The van der Waals surface area contributed by atoms with Gasteiger partial charge in [0.2, 0.25) is 11.8 Å². The first-order valence-corrected chi connectivity index (χ1v) is 6.24. The van der Waals surface area contributed by atoms with Crippen LogP contribution in [0.5, 0.6) is 0 Å². The first-order chi connectivity index (χ1) is 8.95. The number of amides is 2. The fraction of sp³-hybridized carbons (Fsp3) is 0.429. The van der Waals surface area contributed by atoms with Gasteiger partial charge >= 0.3 is 0 Å². The van der Waals surface area contributed by atoms with Crippen LogP contribution in [0.15, 0.2) is 24.3 Å². The van der Waals surface area contributed by atoms with Gasteiger partial charge in [0.1, 0.15) is 0 Å². The first kappa shape index (κ1) is 15.0. The van der Waals surface area contributed by atoms with E-state index >= 15 is 0 Å². The van der Waals surface area contributed by atoms with Gasteiger partial charge in [0.05, 0.1) is 12.3 Å². The van der Waals surface area contributed by atoms with E-state index in [1.165, 1.54) is 0 Å². The van der Waals surface area contributed by atoms with Crippen molar-refractivity contribution >= 4 is 17.5 Å². The minimum atomic E-state index is -0.230. The van der Waals surface area contributed by atoms with Crippen LogP contribution in [0.2, 0.25) is 0 Å². The number of rotatable bonds is 5. The zero-order chi connectivity index (χ0) is 14.4. The lowest BCUT2D eigenvalue weighted by Crippen LogP contribution is -2.38. The van der Waals surface area contributed by atoms with Crippen molar-refractivity contribution in [2.75, 3.05) is 26.4 Å². The van der Waals surface area contributed by atoms with Crippen molar-refractivity contribution in [3.05, 3.63) is 29.8 Å². The van der Waals surface area contributed by atoms with Crippen LogP contribution in [-0.4, -0.2) is 37.4 Å². The van der Waals surface area contributed by atoms with Crippen molar-refractivity contribution in [1.82, 2.24) is 10.2 Å². The lowest BCUT2D eigenvalue weighted by molar-refractivity contribution is -0.131. The highest BCUT2D eigenvalue weighted by Gasteiger charge is 2.17. The number of hydrogen-bond donors (Lipinski definition) is 2. The van der Waals surface area contributed by atoms with Crippen molar-refractivity contribution in [3.63, 3.8) is 0 Å². The zero-order valence-electron chi connectivity index (χ0n) is 11.6. The molecule has 0 radical (unpaired) electrons. The van der Waals surface area contributed by atoms with Crippen LogP contribution in [0.4, 0.5) is 5.69 Å². The SMILES string of the molecule is CNC(=O)C(C)CN(C)C(=O)Cc1ccccc1N. The molecule has 2 amide bonds. The van der Waals surface area contributed by atoms with Gasteiger partial charge in [0, 0.05) is 26.3 Å². The molecule has 0 saturated heterocycles. The summed E-state index contributed by atoms with van der Waals surface area (Å²) in [5, 5.41) is 2.57. The van der Waals surface area contributed by atoms with Gasteiger partial charge in [0.15, 0.2) is 0 Å². The van der Waals surface area contributed by atoms with Crippen LogP contribution >= 0.6 is 0 Å². The van der Waals surface area contributed by atoms with Gasteiger partial charge in [-0.05, 0) is 11.6 Å². The van der Waals surface area contributed by atoms with Gasteiger partial charge in [-0.25, -0.2) is 0 Å². The largest absolute Gasteiger partial charge is 0.398 e. The topological polar surface area (TPSA) is 75.4 Å². The van der Waals surface area contributed by atoms with Crippen LogP contribution < -0.4 is 11.1 Å². The third kappa shape index (κ3) is 4.28. The summed E-state index contributed by atoms with van der Waals surface area (Å²) in [5.41, 5.74) is 7.23. The van der Waals surface area contributed by atoms with Crippen molar-refractivity contribution in [3.8, 4) is 0 Å². The van der Waals surface area contributed by atoms with E-state index in [0.717, 1.165) is 5.56 Å². The minimum absolute atomic E-state index is 0.0475. The molecule has 1 rings (SSSR count). The number of benzene rings is 1. The molecule has 3 N–H and O–H groups in total. The van der Waals surface area contributed by atoms with E-state index in [1.807, 2.05) is 18.2 Å². The minimum Gasteiger partial charge on any atom is -0.398 e. The average Bonchev–Trinajstić information content (AvgIpc) is 2.40. The normalized spacial score (nSPS) is 11.7. The molecule has 1 aromatic rings. The monoisotopic (exact) mass is 263 g/mol. The van der Waals surface area contributed by atoms with Crippen LogP contribution in [0.1, 0.15) is 12.5 Å². The van der Waals surface area contributed by atoms with Gasteiger partial charge < -0.3 is 16.0 Å². The quantitative estimate of drug-likeness (QED) is 0.766. The summed E-state index contributed by atoms with van der Waals surface area (Å²) < 4.78 is 0. The summed E-state index contributed by atoms with van der Waals surface area (Å²) in [7, 11) is 3.28. The molecule has 0 aliphatic heterocycles. The second-order valence-electron chi connectivity index (χ2n) is 4.67. The van der Waals surface area contributed by atoms with Crippen molar-refractivity contribution in [2.45, 2.75) is 13.3 Å². The molecule has 0 aliphatic rings. The maximum atomic E-state index is 12.0. The Kier molecular flexibility index (Phi) is 5.36. The van der Waals surface area contributed by atoms with Crippen molar-refractivity contribution in [2.24, 2.45) is 5.92 Å². The molecule has 0 spiro atoms. The molecule has 5 nitrogen and oxygen atoms in total. The predicted octanol–water partition coefficient (Wildman–Crippen LogP) is 0.652. The summed E-state index contributed by atoms with van der Waals surface area (Å²) in [6.07, 6.45) is 0.254. The van der Waals surface area contributed by atoms with Crippen LogP contribution in [0, 0.1) is 5.92 Å². The van der Waals surface area contributed by atoms with E-state index in [9.17, 15) is 9.59 Å². The molecule has 1 atom stereocenters. The number of nitrogens with one attached hydrogen (secondary N) is 1. The molecular weight excluding hydrogens is 242 g/mol.